The molecule has 0 aliphatic heterocycles. The van der Waals surface area contributed by atoms with Crippen LogP contribution in [0.1, 0.15) is 65.2 Å². The van der Waals surface area contributed by atoms with Gasteiger partial charge in [0.1, 0.15) is 0 Å². The van der Waals surface area contributed by atoms with Gasteiger partial charge in [-0.25, -0.2) is 0 Å². The number of rotatable bonds is 12. The van der Waals surface area contributed by atoms with E-state index in [1.807, 2.05) is 0 Å². The van der Waals surface area contributed by atoms with Crippen molar-refractivity contribution in [1.82, 2.24) is 0 Å². The summed E-state index contributed by atoms with van der Waals surface area (Å²) in [6, 6.07) is 0. The van der Waals surface area contributed by atoms with Crippen molar-refractivity contribution in [3.05, 3.63) is 0 Å². The van der Waals surface area contributed by atoms with E-state index in [1.54, 1.807) is 0 Å². The molecule has 0 heterocycles. The molecular formula is C17H40N2+2. The highest BCUT2D eigenvalue weighted by molar-refractivity contribution is 4.41. The number of unbranched alkanes of at least 4 members (excludes halogenated alkanes) is 6. The molecule has 0 amide bonds. The Balaban J connectivity index is 3.93. The van der Waals surface area contributed by atoms with Gasteiger partial charge in [0.05, 0.1) is 41.3 Å². The van der Waals surface area contributed by atoms with E-state index in [9.17, 15) is 0 Å². The van der Waals surface area contributed by atoms with Crippen LogP contribution in [0.2, 0.25) is 0 Å². The highest BCUT2D eigenvalue weighted by Gasteiger charge is 2.26. The van der Waals surface area contributed by atoms with Crippen LogP contribution in [-0.2, 0) is 0 Å². The highest BCUT2D eigenvalue weighted by atomic mass is 15.5. The molecule has 0 radical (unpaired) electrons. The minimum absolute atomic E-state index is 1.17. The third-order valence-corrected chi connectivity index (χ3v) is 4.00. The number of hydrogen-bond donors (Lipinski definition) is 0. The van der Waals surface area contributed by atoms with Gasteiger partial charge in [0.2, 0.25) is 6.67 Å². The summed E-state index contributed by atoms with van der Waals surface area (Å²) < 4.78 is 2.34. The molecule has 2 nitrogen and oxygen atoms in total. The average Bonchev–Trinajstić information content (AvgIpc) is 2.29. The molecule has 116 valence electrons. The van der Waals surface area contributed by atoms with Crippen LogP contribution in [0, 0.1) is 0 Å². The van der Waals surface area contributed by atoms with Crippen LogP contribution in [-0.4, -0.2) is 56.9 Å². The number of quaternary nitrogens is 2. The molecular weight excluding hydrogens is 232 g/mol. The predicted molar refractivity (Wildman–Crippen MR) is 87.1 cm³/mol. The molecule has 0 aliphatic rings. The molecule has 0 fully saturated rings. The molecule has 0 aromatic rings. The first-order valence-electron chi connectivity index (χ1n) is 8.47. The maximum absolute atomic E-state index is 2.40. The summed E-state index contributed by atoms with van der Waals surface area (Å²) in [6.07, 6.45) is 11.1. The molecule has 0 aliphatic carbocycles. The van der Waals surface area contributed by atoms with E-state index >= 15 is 0 Å². The largest absolute Gasteiger partial charge is 0.282 e. The van der Waals surface area contributed by atoms with Crippen LogP contribution < -0.4 is 0 Å². The zero-order valence-electron chi connectivity index (χ0n) is 14.7. The van der Waals surface area contributed by atoms with Gasteiger partial charge in [-0.15, -0.1) is 0 Å². The zero-order valence-corrected chi connectivity index (χ0v) is 14.7. The standard InChI is InChI=1S/C17H40N2/c1-7-9-11-13-15-18(3,4)17-19(5,6)16-14-12-10-8-2/h7-17H2,1-6H3/q+2. The Morgan fingerprint density at radius 3 is 1.21 bits per heavy atom. The van der Waals surface area contributed by atoms with Crippen molar-refractivity contribution in [3.63, 3.8) is 0 Å². The maximum atomic E-state index is 2.40. The first-order chi connectivity index (χ1) is 8.83. The summed E-state index contributed by atoms with van der Waals surface area (Å²) in [6.45, 7) is 8.50. The Kier molecular flexibility index (Phi) is 9.72. The van der Waals surface area contributed by atoms with Crippen LogP contribution in [0.5, 0.6) is 0 Å². The lowest BCUT2D eigenvalue weighted by atomic mass is 10.2. The van der Waals surface area contributed by atoms with Crippen molar-refractivity contribution in [1.29, 1.82) is 0 Å². The van der Waals surface area contributed by atoms with Gasteiger partial charge in [-0.1, -0.05) is 39.5 Å². The molecule has 0 rings (SSSR count). The lowest BCUT2D eigenvalue weighted by molar-refractivity contribution is -1.07. The fourth-order valence-corrected chi connectivity index (χ4v) is 3.11. The Morgan fingerprint density at radius 2 is 0.895 bits per heavy atom. The topological polar surface area (TPSA) is 0 Å². The summed E-state index contributed by atoms with van der Waals surface area (Å²) in [7, 11) is 9.60. The van der Waals surface area contributed by atoms with E-state index in [-0.39, 0.29) is 0 Å². The smallest absolute Gasteiger partial charge is 0.206 e. The van der Waals surface area contributed by atoms with Crippen LogP contribution in [0.3, 0.4) is 0 Å². The predicted octanol–water partition coefficient (Wildman–Crippen LogP) is 4.26. The van der Waals surface area contributed by atoms with E-state index in [2.05, 4.69) is 42.0 Å². The zero-order chi connectivity index (χ0) is 14.8. The van der Waals surface area contributed by atoms with Gasteiger partial charge in [-0.05, 0) is 25.7 Å². The van der Waals surface area contributed by atoms with Gasteiger partial charge in [-0.3, -0.25) is 8.97 Å². The van der Waals surface area contributed by atoms with E-state index < -0.39 is 0 Å². The van der Waals surface area contributed by atoms with E-state index in [0.29, 0.717) is 0 Å². The molecule has 0 aromatic heterocycles. The number of hydrogen-bond acceptors (Lipinski definition) is 0. The minimum atomic E-state index is 1.17. The van der Waals surface area contributed by atoms with Gasteiger partial charge >= 0.3 is 0 Å². The van der Waals surface area contributed by atoms with E-state index in [4.69, 9.17) is 0 Å². The van der Waals surface area contributed by atoms with Crippen LogP contribution in [0.15, 0.2) is 0 Å². The summed E-state index contributed by atoms with van der Waals surface area (Å²) in [5.74, 6) is 0. The summed E-state index contributed by atoms with van der Waals surface area (Å²) in [5, 5.41) is 0. The van der Waals surface area contributed by atoms with Gasteiger partial charge in [0.15, 0.2) is 0 Å². The first-order valence-corrected chi connectivity index (χ1v) is 8.47. The maximum Gasteiger partial charge on any atom is 0.206 e. The Morgan fingerprint density at radius 1 is 0.526 bits per heavy atom. The lowest BCUT2D eigenvalue weighted by Gasteiger charge is -2.39. The summed E-state index contributed by atoms with van der Waals surface area (Å²) >= 11 is 0. The first kappa shape index (κ1) is 18.9. The van der Waals surface area contributed by atoms with E-state index in [0.717, 1.165) is 0 Å². The molecule has 19 heavy (non-hydrogen) atoms. The van der Waals surface area contributed by atoms with Crippen molar-refractivity contribution >= 4 is 0 Å². The molecule has 0 spiro atoms. The van der Waals surface area contributed by atoms with Gasteiger partial charge < -0.3 is 0 Å². The minimum Gasteiger partial charge on any atom is -0.282 e. The van der Waals surface area contributed by atoms with Gasteiger partial charge in [-0.2, -0.15) is 0 Å². The monoisotopic (exact) mass is 272 g/mol. The quantitative estimate of drug-likeness (QED) is 0.283. The summed E-state index contributed by atoms with van der Waals surface area (Å²) in [5.41, 5.74) is 0. The molecule has 0 saturated heterocycles. The molecule has 0 N–H and O–H groups in total. The third-order valence-electron chi connectivity index (χ3n) is 4.00. The molecule has 0 atom stereocenters. The van der Waals surface area contributed by atoms with Gasteiger partial charge in [0, 0.05) is 0 Å². The lowest BCUT2D eigenvalue weighted by Crippen LogP contribution is -2.56. The molecule has 0 unspecified atom stereocenters. The average molecular weight is 273 g/mol. The van der Waals surface area contributed by atoms with Crippen molar-refractivity contribution < 1.29 is 8.97 Å². The third kappa shape index (κ3) is 11.4. The van der Waals surface area contributed by atoms with E-state index in [1.165, 1.54) is 80.1 Å². The fourth-order valence-electron chi connectivity index (χ4n) is 3.11. The van der Waals surface area contributed by atoms with Crippen LogP contribution in [0.4, 0.5) is 0 Å². The van der Waals surface area contributed by atoms with Crippen molar-refractivity contribution in [3.8, 4) is 0 Å². The van der Waals surface area contributed by atoms with Crippen molar-refractivity contribution in [2.45, 2.75) is 65.2 Å². The second-order valence-electron chi connectivity index (χ2n) is 7.58. The normalized spacial score (nSPS) is 12.9. The van der Waals surface area contributed by atoms with Crippen LogP contribution in [0.25, 0.3) is 0 Å². The van der Waals surface area contributed by atoms with Gasteiger partial charge in [0.25, 0.3) is 0 Å². The Labute approximate surface area is 123 Å². The SMILES string of the molecule is CCCCCC[N+](C)(C)C[N+](C)(C)CCCCCC. The second-order valence-corrected chi connectivity index (χ2v) is 7.58. The molecule has 2 heteroatoms. The second kappa shape index (κ2) is 9.77. The highest BCUT2D eigenvalue weighted by Crippen LogP contribution is 2.12. The number of nitrogens with zero attached hydrogens (tertiary/aromatic N) is 2. The molecule has 0 aromatic carbocycles. The molecule has 0 saturated carbocycles. The fraction of sp³-hybridized carbons (Fsp3) is 1.00. The van der Waals surface area contributed by atoms with Crippen molar-refractivity contribution in [2.75, 3.05) is 47.9 Å². The molecule has 0 bridgehead atoms. The van der Waals surface area contributed by atoms with Crippen molar-refractivity contribution in [2.24, 2.45) is 0 Å². The Hall–Kier alpha value is -0.0800. The van der Waals surface area contributed by atoms with Crippen LogP contribution >= 0.6 is 0 Å². The summed E-state index contributed by atoms with van der Waals surface area (Å²) in [4.78, 5) is 0. The Bertz CT molecular complexity index is 187.